The molecule has 3 N–H and O–H groups in total. The highest BCUT2D eigenvalue weighted by atomic mass is 16.5. The van der Waals surface area contributed by atoms with E-state index in [9.17, 15) is 5.11 Å². The van der Waals surface area contributed by atoms with E-state index in [4.69, 9.17) is 9.73 Å². The highest BCUT2D eigenvalue weighted by molar-refractivity contribution is 5.80. The summed E-state index contributed by atoms with van der Waals surface area (Å²) in [6.07, 6.45) is 6.75. The number of rotatable bonds is 4. The number of guanidine groups is 1. The van der Waals surface area contributed by atoms with Crippen LogP contribution in [-0.2, 0) is 4.74 Å². The van der Waals surface area contributed by atoms with Crippen LogP contribution in [0.2, 0.25) is 0 Å². The van der Waals surface area contributed by atoms with Gasteiger partial charge in [0, 0.05) is 30.5 Å². The molecule has 0 radical (unpaired) electrons. The van der Waals surface area contributed by atoms with Crippen LogP contribution < -0.4 is 10.6 Å². The molecule has 0 bridgehead atoms. The molecular formula is C18H33N3O2. The minimum Gasteiger partial charge on any atom is -0.388 e. The highest BCUT2D eigenvalue weighted by Gasteiger charge is 2.59. The van der Waals surface area contributed by atoms with E-state index in [0.29, 0.717) is 24.6 Å². The van der Waals surface area contributed by atoms with Gasteiger partial charge in [-0.3, -0.25) is 4.99 Å². The number of aliphatic imine (C=N–C) groups is 1. The summed E-state index contributed by atoms with van der Waals surface area (Å²) in [6.45, 7) is 8.84. The molecule has 5 nitrogen and oxygen atoms in total. The molecule has 23 heavy (non-hydrogen) atoms. The predicted octanol–water partition coefficient (Wildman–Crippen LogP) is 2.05. The first kappa shape index (κ1) is 17.0. The highest BCUT2D eigenvalue weighted by Crippen LogP contribution is 2.52. The molecule has 1 saturated heterocycles. The smallest absolute Gasteiger partial charge is 0.191 e. The van der Waals surface area contributed by atoms with Crippen LogP contribution in [0.25, 0.3) is 0 Å². The Morgan fingerprint density at radius 2 is 2.00 bits per heavy atom. The van der Waals surface area contributed by atoms with Crippen molar-refractivity contribution < 1.29 is 9.84 Å². The first-order chi connectivity index (χ1) is 11.0. The summed E-state index contributed by atoms with van der Waals surface area (Å²) in [5, 5.41) is 17.6. The van der Waals surface area contributed by atoms with Gasteiger partial charge in [0.1, 0.15) is 0 Å². The third kappa shape index (κ3) is 3.36. The summed E-state index contributed by atoms with van der Waals surface area (Å²) >= 11 is 0. The van der Waals surface area contributed by atoms with Crippen LogP contribution >= 0.6 is 0 Å². The quantitative estimate of drug-likeness (QED) is 0.547. The molecule has 1 aliphatic heterocycles. The Morgan fingerprint density at radius 1 is 1.26 bits per heavy atom. The van der Waals surface area contributed by atoms with E-state index in [0.717, 1.165) is 51.2 Å². The average molecular weight is 323 g/mol. The zero-order chi connectivity index (χ0) is 16.5. The lowest BCUT2D eigenvalue weighted by Crippen LogP contribution is -2.68. The molecule has 0 amide bonds. The number of hydrogen-bond donors (Lipinski definition) is 3. The number of fused-ring (bicyclic) bond motifs is 1. The molecule has 0 aromatic rings. The fraction of sp³-hybridized carbons (Fsp3) is 0.944. The van der Waals surface area contributed by atoms with E-state index in [1.807, 2.05) is 0 Å². The van der Waals surface area contributed by atoms with Crippen molar-refractivity contribution in [2.75, 3.05) is 19.7 Å². The first-order valence-electron chi connectivity index (χ1n) is 9.35. The molecule has 2 saturated carbocycles. The van der Waals surface area contributed by atoms with E-state index in [1.165, 1.54) is 6.42 Å². The molecule has 1 heterocycles. The molecule has 0 aromatic carbocycles. The molecule has 3 fully saturated rings. The SMILES string of the molecule is CCNC(=NCC1(O)CCCCC1)NC1C2CCOC2C1(C)C. The Kier molecular flexibility index (Phi) is 4.88. The molecule has 3 atom stereocenters. The molecule has 3 aliphatic rings. The summed E-state index contributed by atoms with van der Waals surface area (Å²) in [7, 11) is 0. The molecular weight excluding hydrogens is 290 g/mol. The van der Waals surface area contributed by atoms with Crippen LogP contribution in [0, 0.1) is 11.3 Å². The van der Waals surface area contributed by atoms with Crippen molar-refractivity contribution >= 4 is 5.96 Å². The van der Waals surface area contributed by atoms with E-state index in [1.54, 1.807) is 0 Å². The maximum atomic E-state index is 10.7. The first-order valence-corrected chi connectivity index (χ1v) is 9.35. The summed E-state index contributed by atoms with van der Waals surface area (Å²) < 4.78 is 5.87. The van der Waals surface area contributed by atoms with Gasteiger partial charge in [0.25, 0.3) is 0 Å². The maximum absolute atomic E-state index is 10.7. The third-order valence-electron chi connectivity index (χ3n) is 6.05. The summed E-state index contributed by atoms with van der Waals surface area (Å²) in [5.41, 5.74) is -0.464. The summed E-state index contributed by atoms with van der Waals surface area (Å²) in [6, 6.07) is 0.397. The van der Waals surface area contributed by atoms with Gasteiger partial charge in [0.15, 0.2) is 5.96 Å². The van der Waals surface area contributed by atoms with Crippen molar-refractivity contribution in [3.8, 4) is 0 Å². The Hall–Kier alpha value is -0.810. The van der Waals surface area contributed by atoms with Crippen molar-refractivity contribution in [2.24, 2.45) is 16.3 Å². The number of nitrogens with zero attached hydrogens (tertiary/aromatic N) is 1. The zero-order valence-corrected chi connectivity index (χ0v) is 14.9. The van der Waals surface area contributed by atoms with Gasteiger partial charge >= 0.3 is 0 Å². The van der Waals surface area contributed by atoms with E-state index >= 15 is 0 Å². The molecule has 3 unspecified atom stereocenters. The number of hydrogen-bond acceptors (Lipinski definition) is 3. The van der Waals surface area contributed by atoms with Gasteiger partial charge in [-0.25, -0.2) is 0 Å². The molecule has 0 aromatic heterocycles. The standard InChI is InChI=1S/C18H33N3O2/c1-4-19-16(20-12-18(22)9-6-5-7-10-18)21-14-13-8-11-23-15(13)17(14,2)3/h13-15,22H,4-12H2,1-3H3,(H2,19,20,21). The minimum atomic E-state index is -0.602. The van der Waals surface area contributed by atoms with Crippen LogP contribution in [0.15, 0.2) is 4.99 Å². The molecule has 2 aliphatic carbocycles. The lowest BCUT2D eigenvalue weighted by molar-refractivity contribution is -0.106. The Balaban J connectivity index is 1.63. The van der Waals surface area contributed by atoms with Gasteiger partial charge in [-0.15, -0.1) is 0 Å². The van der Waals surface area contributed by atoms with Gasteiger partial charge in [0.05, 0.1) is 18.2 Å². The van der Waals surface area contributed by atoms with Crippen molar-refractivity contribution in [1.82, 2.24) is 10.6 Å². The lowest BCUT2D eigenvalue weighted by atomic mass is 9.57. The van der Waals surface area contributed by atoms with E-state index in [-0.39, 0.29) is 5.41 Å². The van der Waals surface area contributed by atoms with Gasteiger partial charge in [0.2, 0.25) is 0 Å². The van der Waals surface area contributed by atoms with E-state index in [2.05, 4.69) is 31.4 Å². The number of nitrogens with one attached hydrogen (secondary N) is 2. The zero-order valence-electron chi connectivity index (χ0n) is 14.9. The number of ether oxygens (including phenoxy) is 1. The van der Waals surface area contributed by atoms with Gasteiger partial charge in [-0.2, -0.15) is 0 Å². The summed E-state index contributed by atoms with van der Waals surface area (Å²) in [4.78, 5) is 4.71. The van der Waals surface area contributed by atoms with Crippen molar-refractivity contribution in [3.05, 3.63) is 0 Å². The van der Waals surface area contributed by atoms with Crippen molar-refractivity contribution in [1.29, 1.82) is 0 Å². The minimum absolute atomic E-state index is 0.138. The van der Waals surface area contributed by atoms with Crippen LogP contribution in [0.3, 0.4) is 0 Å². The van der Waals surface area contributed by atoms with Crippen LogP contribution in [0.4, 0.5) is 0 Å². The van der Waals surface area contributed by atoms with Gasteiger partial charge < -0.3 is 20.5 Å². The van der Waals surface area contributed by atoms with Crippen LogP contribution in [0.1, 0.15) is 59.3 Å². The Morgan fingerprint density at radius 3 is 2.70 bits per heavy atom. The maximum Gasteiger partial charge on any atom is 0.191 e. The average Bonchev–Trinajstić information content (AvgIpc) is 2.98. The Bertz CT molecular complexity index is 444. The molecule has 5 heteroatoms. The molecule has 0 spiro atoms. The second-order valence-electron chi connectivity index (χ2n) is 8.17. The van der Waals surface area contributed by atoms with Gasteiger partial charge in [-0.1, -0.05) is 33.1 Å². The van der Waals surface area contributed by atoms with Crippen LogP contribution in [0.5, 0.6) is 0 Å². The van der Waals surface area contributed by atoms with Gasteiger partial charge in [-0.05, 0) is 26.2 Å². The second-order valence-corrected chi connectivity index (χ2v) is 8.17. The Labute approximate surface area is 140 Å². The fourth-order valence-corrected chi connectivity index (χ4v) is 4.68. The number of aliphatic hydroxyl groups is 1. The van der Waals surface area contributed by atoms with Crippen molar-refractivity contribution in [2.45, 2.75) is 77.0 Å². The lowest BCUT2D eigenvalue weighted by Gasteiger charge is -2.55. The predicted molar refractivity (Wildman–Crippen MR) is 92.6 cm³/mol. The summed E-state index contributed by atoms with van der Waals surface area (Å²) in [5.74, 6) is 1.43. The topological polar surface area (TPSA) is 65.9 Å². The normalized spacial score (nSPS) is 35.3. The third-order valence-corrected chi connectivity index (χ3v) is 6.05. The molecule has 132 valence electrons. The fourth-order valence-electron chi connectivity index (χ4n) is 4.68. The monoisotopic (exact) mass is 323 g/mol. The largest absolute Gasteiger partial charge is 0.388 e. The second kappa shape index (κ2) is 6.60. The van der Waals surface area contributed by atoms with Crippen molar-refractivity contribution in [3.63, 3.8) is 0 Å². The van der Waals surface area contributed by atoms with Crippen LogP contribution in [-0.4, -0.2) is 48.5 Å². The van der Waals surface area contributed by atoms with E-state index < -0.39 is 5.60 Å². The molecule has 3 rings (SSSR count).